The lowest BCUT2D eigenvalue weighted by Gasteiger charge is -2.49. The summed E-state index contributed by atoms with van der Waals surface area (Å²) in [5, 5.41) is 0. The van der Waals surface area contributed by atoms with E-state index in [-0.39, 0.29) is 34.4 Å². The molecule has 0 N–H and O–H groups in total. The summed E-state index contributed by atoms with van der Waals surface area (Å²) < 4.78 is 64.9. The molecule has 0 aromatic heterocycles. The number of rotatable bonds is 16. The topological polar surface area (TPSA) is 178 Å². The molecule has 0 saturated carbocycles. The molecule has 392 valence electrons. The van der Waals surface area contributed by atoms with Gasteiger partial charge in [-0.1, -0.05) is 151 Å². The molecule has 3 heterocycles. The zero-order chi connectivity index (χ0) is 53.1. The number of thioether (sulfide) groups is 1. The summed E-state index contributed by atoms with van der Waals surface area (Å²) in [4.78, 5) is 72.1. The van der Waals surface area contributed by atoms with Crippen LogP contribution < -0.4 is 0 Å². The fourth-order valence-electron chi connectivity index (χ4n) is 9.06. The molecule has 15 nitrogen and oxygen atoms in total. The summed E-state index contributed by atoms with van der Waals surface area (Å²) in [6.07, 6.45) is -13.4. The number of carbonyl (C=O) groups excluding carboxylic acids is 5. The number of aryl methyl sites for hydroxylation is 1. The molecule has 0 spiro atoms. The number of ether oxygens (including phenoxy) is 10. The van der Waals surface area contributed by atoms with Crippen LogP contribution in [0.2, 0.25) is 0 Å². The Morgan fingerprint density at radius 1 is 0.442 bits per heavy atom. The van der Waals surface area contributed by atoms with Gasteiger partial charge in [-0.05, 0) is 79.2 Å². The van der Waals surface area contributed by atoms with Crippen molar-refractivity contribution in [3.05, 3.63) is 245 Å². The van der Waals surface area contributed by atoms with Crippen molar-refractivity contribution >= 4 is 41.6 Å². The van der Waals surface area contributed by atoms with Crippen LogP contribution in [0.3, 0.4) is 0 Å². The Labute approximate surface area is 448 Å². The van der Waals surface area contributed by atoms with Crippen LogP contribution in [-0.4, -0.2) is 104 Å². The summed E-state index contributed by atoms with van der Waals surface area (Å²) in [5.74, 6) is -3.96. The average molecular weight is 1060 g/mol. The zero-order valence-corrected chi connectivity index (χ0v) is 42.2. The highest BCUT2D eigenvalue weighted by molar-refractivity contribution is 7.99. The van der Waals surface area contributed by atoms with Gasteiger partial charge in [0, 0.05) is 10.5 Å². The molecule has 10 rings (SSSR count). The van der Waals surface area contributed by atoms with E-state index in [1.807, 2.05) is 61.5 Å². The van der Waals surface area contributed by atoms with Crippen molar-refractivity contribution in [2.45, 2.75) is 78.7 Å². The van der Waals surface area contributed by atoms with E-state index >= 15 is 0 Å². The predicted molar refractivity (Wildman–Crippen MR) is 279 cm³/mol. The second-order valence-corrected chi connectivity index (χ2v) is 19.3. The Kier molecular flexibility index (Phi) is 16.9. The maximum absolute atomic E-state index is 14.4. The molecule has 7 aromatic rings. The molecule has 3 saturated heterocycles. The van der Waals surface area contributed by atoms with Gasteiger partial charge in [-0.3, -0.25) is 0 Å². The van der Waals surface area contributed by atoms with Crippen LogP contribution in [0.5, 0.6) is 0 Å². The average Bonchev–Trinajstić information content (AvgIpc) is 3.56. The highest BCUT2D eigenvalue weighted by atomic mass is 32.2. The third-order valence-corrected chi connectivity index (χ3v) is 14.3. The Balaban J connectivity index is 1.05. The van der Waals surface area contributed by atoms with Gasteiger partial charge < -0.3 is 47.4 Å². The second-order valence-electron chi connectivity index (χ2n) is 18.2. The van der Waals surface area contributed by atoms with E-state index in [4.69, 9.17) is 47.4 Å². The number of benzene rings is 7. The molecule has 1 unspecified atom stereocenters. The lowest BCUT2D eigenvalue weighted by atomic mass is 9.96. The van der Waals surface area contributed by atoms with E-state index in [2.05, 4.69) is 0 Å². The van der Waals surface area contributed by atoms with Crippen LogP contribution in [0.4, 0.5) is 0 Å². The van der Waals surface area contributed by atoms with E-state index in [9.17, 15) is 24.0 Å². The first kappa shape index (κ1) is 52.5. The Morgan fingerprint density at radius 2 is 0.844 bits per heavy atom. The number of hydrogen-bond donors (Lipinski definition) is 0. The molecule has 0 aliphatic carbocycles. The van der Waals surface area contributed by atoms with Crippen molar-refractivity contribution in [3.63, 3.8) is 0 Å². The van der Waals surface area contributed by atoms with Gasteiger partial charge in [-0.15, -0.1) is 0 Å². The smallest absolute Gasteiger partial charge is 0.338 e. The third kappa shape index (κ3) is 12.7. The van der Waals surface area contributed by atoms with Gasteiger partial charge >= 0.3 is 29.8 Å². The lowest BCUT2D eigenvalue weighted by Crippen LogP contribution is -2.65. The minimum Gasteiger partial charge on any atom is -0.452 e. The minimum atomic E-state index is -1.57. The Hall–Kier alpha value is -7.96. The van der Waals surface area contributed by atoms with Crippen molar-refractivity contribution < 1.29 is 71.3 Å². The largest absolute Gasteiger partial charge is 0.452 e. The fourth-order valence-corrected chi connectivity index (χ4v) is 10.3. The summed E-state index contributed by atoms with van der Waals surface area (Å²) in [7, 11) is 0. The molecule has 3 aliphatic rings. The maximum atomic E-state index is 14.4. The van der Waals surface area contributed by atoms with Crippen LogP contribution in [0.15, 0.2) is 211 Å². The predicted octanol–water partition coefficient (Wildman–Crippen LogP) is 9.80. The molecule has 0 amide bonds. The molecule has 77 heavy (non-hydrogen) atoms. The quantitative estimate of drug-likeness (QED) is 0.0659. The van der Waals surface area contributed by atoms with Gasteiger partial charge in [0.15, 0.2) is 43.1 Å². The fraction of sp³-hybridized carbons (Fsp3) is 0.230. The normalized spacial score (nSPS) is 24.7. The molecule has 16 heteroatoms. The number of fused-ring (bicyclic) bond motifs is 1. The van der Waals surface area contributed by atoms with Crippen LogP contribution in [0.1, 0.15) is 69.2 Å². The monoisotopic (exact) mass is 1060 g/mol. The lowest BCUT2D eigenvalue weighted by molar-refractivity contribution is -0.363. The number of esters is 5. The first-order valence-corrected chi connectivity index (χ1v) is 25.8. The maximum Gasteiger partial charge on any atom is 0.338 e. The standard InChI is InChI=1S/C61H52O15S/c1-38-22-20-21-35-47(38)77-61-53(75-58(66)43-31-16-6-17-32-43)51(73-56(64)41-27-12-4-13-28-41)48(71-54(62)39-23-8-2-9-24-39)46(70-61)37-68-60-52(74-57(65)42-29-14-5-15-30-42)50(72-55(63)40-25-10-3-11-26-40)49-45(69-60)36-67-59(76-49)44-33-18-7-19-34-44/h2-35,45-46,48-53,59-61H,36-37H2,1H3/t45-,46-,48-,49+,50+,51+,52-,53-,59?,60-,61+/m1/s1. The molecule has 3 fully saturated rings. The Morgan fingerprint density at radius 3 is 1.32 bits per heavy atom. The van der Waals surface area contributed by atoms with Gasteiger partial charge in [0.25, 0.3) is 0 Å². The number of carbonyl (C=O) groups is 5. The van der Waals surface area contributed by atoms with Gasteiger partial charge in [0.2, 0.25) is 0 Å². The summed E-state index contributed by atoms with van der Waals surface area (Å²) >= 11 is 1.19. The van der Waals surface area contributed by atoms with E-state index in [0.29, 0.717) is 5.56 Å². The molecule has 11 atom stereocenters. The third-order valence-electron chi connectivity index (χ3n) is 13.0. The first-order valence-electron chi connectivity index (χ1n) is 24.9. The molecule has 3 aliphatic heterocycles. The first-order chi connectivity index (χ1) is 37.7. The highest BCUT2D eigenvalue weighted by Gasteiger charge is 2.57. The number of hydrogen-bond acceptors (Lipinski definition) is 16. The van der Waals surface area contributed by atoms with Crippen molar-refractivity contribution in [2.75, 3.05) is 13.2 Å². The van der Waals surface area contributed by atoms with Crippen molar-refractivity contribution in [2.24, 2.45) is 0 Å². The van der Waals surface area contributed by atoms with Gasteiger partial charge in [-0.25, -0.2) is 24.0 Å². The highest BCUT2D eigenvalue weighted by Crippen LogP contribution is 2.41. The zero-order valence-electron chi connectivity index (χ0n) is 41.4. The summed E-state index contributed by atoms with van der Waals surface area (Å²) in [5.41, 5.74) is 1.25. The van der Waals surface area contributed by atoms with Crippen LogP contribution in [0.25, 0.3) is 0 Å². The van der Waals surface area contributed by atoms with E-state index in [1.165, 1.54) is 11.8 Å². The summed E-state index contributed by atoms with van der Waals surface area (Å²) in [6, 6.07) is 57.8. The van der Waals surface area contributed by atoms with Gasteiger partial charge in [0.1, 0.15) is 23.7 Å². The minimum absolute atomic E-state index is 0.0822. The van der Waals surface area contributed by atoms with Crippen molar-refractivity contribution in [3.8, 4) is 0 Å². The molecule has 0 radical (unpaired) electrons. The van der Waals surface area contributed by atoms with Gasteiger partial charge in [0.05, 0.1) is 41.0 Å². The van der Waals surface area contributed by atoms with Crippen LogP contribution >= 0.6 is 11.8 Å². The van der Waals surface area contributed by atoms with E-state index in [0.717, 1.165) is 10.5 Å². The van der Waals surface area contributed by atoms with E-state index in [1.54, 1.807) is 152 Å². The van der Waals surface area contributed by atoms with Crippen molar-refractivity contribution in [1.82, 2.24) is 0 Å². The van der Waals surface area contributed by atoms with E-state index < -0.39 is 103 Å². The van der Waals surface area contributed by atoms with Crippen LogP contribution in [-0.2, 0) is 47.4 Å². The Bertz CT molecular complexity index is 3100. The SMILES string of the molecule is Cc1ccccc1S[C@@H]1O[C@H](CO[C@@H]2O[C@@H]3COC(c4ccccc4)O[C@@H]3[C@H](OC(=O)c3ccccc3)[C@H]2OC(=O)c2ccccc2)[C@@H](OC(=O)c2ccccc2)[C@H](OC(=O)c2ccccc2)[C@H]1OC(=O)c1ccccc1. The summed E-state index contributed by atoms with van der Waals surface area (Å²) in [6.45, 7) is 1.30. The molecule has 0 bridgehead atoms. The molecular weight excluding hydrogens is 1000 g/mol. The van der Waals surface area contributed by atoms with Gasteiger partial charge in [-0.2, -0.15) is 0 Å². The second kappa shape index (κ2) is 24.8. The van der Waals surface area contributed by atoms with Crippen molar-refractivity contribution in [1.29, 1.82) is 0 Å². The molecular formula is C61H52O15S. The van der Waals surface area contributed by atoms with Crippen LogP contribution in [0, 0.1) is 6.92 Å². The molecule has 7 aromatic carbocycles.